The molecule has 0 saturated carbocycles. The summed E-state index contributed by atoms with van der Waals surface area (Å²) in [7, 11) is 0. The van der Waals surface area contributed by atoms with Gasteiger partial charge in [0.05, 0.1) is 29.6 Å². The van der Waals surface area contributed by atoms with Crippen LogP contribution in [0.5, 0.6) is 0 Å². The number of carbonyl (C=O) groups is 1. The van der Waals surface area contributed by atoms with E-state index in [2.05, 4.69) is 21.0 Å². The van der Waals surface area contributed by atoms with Crippen molar-refractivity contribution in [2.24, 2.45) is 0 Å². The van der Waals surface area contributed by atoms with Crippen LogP contribution in [0, 0.1) is 6.92 Å². The van der Waals surface area contributed by atoms with E-state index >= 15 is 0 Å². The number of nitrogens with zero attached hydrogens (tertiary/aromatic N) is 3. The molecule has 6 heteroatoms. The van der Waals surface area contributed by atoms with Crippen LogP contribution in [0.15, 0.2) is 10.7 Å². The molecule has 0 spiro atoms. The number of hydrogen-bond donors (Lipinski definition) is 0. The molecule has 0 unspecified atom stereocenters. The van der Waals surface area contributed by atoms with E-state index < -0.39 is 0 Å². The minimum Gasteiger partial charge on any atom is -0.378 e. The van der Waals surface area contributed by atoms with E-state index in [1.165, 1.54) is 0 Å². The van der Waals surface area contributed by atoms with Crippen LogP contribution in [0.25, 0.3) is 0 Å². The Hall–Kier alpha value is -0.880. The van der Waals surface area contributed by atoms with Gasteiger partial charge in [0.15, 0.2) is 0 Å². The van der Waals surface area contributed by atoms with Gasteiger partial charge in [0.25, 0.3) is 0 Å². The first kappa shape index (κ1) is 12.6. The Morgan fingerprint density at radius 3 is 2.71 bits per heavy atom. The van der Waals surface area contributed by atoms with Gasteiger partial charge in [-0.15, -0.1) is 0 Å². The second-order valence-electron chi connectivity index (χ2n) is 4.14. The summed E-state index contributed by atoms with van der Waals surface area (Å²) in [4.78, 5) is 14.1. The zero-order valence-electron chi connectivity index (χ0n) is 10.0. The van der Waals surface area contributed by atoms with Crippen molar-refractivity contribution in [3.8, 4) is 0 Å². The molecule has 94 valence electrons. The zero-order valence-corrected chi connectivity index (χ0v) is 11.6. The quantitative estimate of drug-likeness (QED) is 0.829. The molecule has 0 N–H and O–H groups in total. The molecule has 2 rings (SSSR count). The van der Waals surface area contributed by atoms with Crippen LogP contribution in [0.3, 0.4) is 0 Å². The van der Waals surface area contributed by atoms with Gasteiger partial charge >= 0.3 is 0 Å². The number of halogens is 1. The Bertz CT molecular complexity index is 413. The first-order valence-corrected chi connectivity index (χ1v) is 6.46. The van der Waals surface area contributed by atoms with Gasteiger partial charge in [-0.1, -0.05) is 0 Å². The number of amides is 1. The van der Waals surface area contributed by atoms with Crippen molar-refractivity contribution < 1.29 is 9.53 Å². The van der Waals surface area contributed by atoms with E-state index in [4.69, 9.17) is 4.74 Å². The number of morpholine rings is 1. The highest BCUT2D eigenvalue weighted by Gasteiger charge is 2.25. The van der Waals surface area contributed by atoms with Crippen molar-refractivity contribution in [1.29, 1.82) is 0 Å². The molecule has 1 aliphatic heterocycles. The third-order valence-corrected chi connectivity index (χ3v) is 3.81. The average molecular weight is 302 g/mol. The Kier molecular flexibility index (Phi) is 3.83. The second-order valence-corrected chi connectivity index (χ2v) is 4.99. The molecule has 5 nitrogen and oxygen atoms in total. The van der Waals surface area contributed by atoms with E-state index in [-0.39, 0.29) is 11.9 Å². The van der Waals surface area contributed by atoms with Crippen molar-refractivity contribution in [3.05, 3.63) is 16.4 Å². The van der Waals surface area contributed by atoms with E-state index in [0.717, 1.165) is 10.2 Å². The van der Waals surface area contributed by atoms with Gasteiger partial charge in [0, 0.05) is 13.1 Å². The smallest absolute Gasteiger partial charge is 0.247 e. The average Bonchev–Trinajstić information content (AvgIpc) is 2.69. The van der Waals surface area contributed by atoms with Crippen LogP contribution in [0.2, 0.25) is 0 Å². The predicted molar refractivity (Wildman–Crippen MR) is 66.8 cm³/mol. The fraction of sp³-hybridized carbons (Fsp3) is 0.636. The molecule has 1 aromatic rings. The molecule has 17 heavy (non-hydrogen) atoms. The maximum Gasteiger partial charge on any atom is 0.247 e. The number of rotatable bonds is 2. The minimum absolute atomic E-state index is 0.104. The molecule has 0 aliphatic carbocycles. The Balaban J connectivity index is 2.11. The minimum atomic E-state index is -0.264. The maximum atomic E-state index is 12.3. The summed E-state index contributed by atoms with van der Waals surface area (Å²) in [5.41, 5.74) is 0.971. The van der Waals surface area contributed by atoms with E-state index in [9.17, 15) is 4.79 Å². The maximum absolute atomic E-state index is 12.3. The third kappa shape index (κ3) is 2.52. The fourth-order valence-corrected chi connectivity index (χ4v) is 2.22. The lowest BCUT2D eigenvalue weighted by Gasteiger charge is -2.29. The van der Waals surface area contributed by atoms with Crippen LogP contribution in [0.4, 0.5) is 0 Å². The molecule has 0 aromatic carbocycles. The molecule has 1 aliphatic rings. The van der Waals surface area contributed by atoms with Gasteiger partial charge in [0.2, 0.25) is 5.91 Å². The Morgan fingerprint density at radius 2 is 2.18 bits per heavy atom. The summed E-state index contributed by atoms with van der Waals surface area (Å²) < 4.78 is 7.92. The molecule has 1 aromatic heterocycles. The van der Waals surface area contributed by atoms with Crippen LogP contribution < -0.4 is 0 Å². The van der Waals surface area contributed by atoms with Crippen LogP contribution in [-0.4, -0.2) is 46.9 Å². The summed E-state index contributed by atoms with van der Waals surface area (Å²) in [5, 5.41) is 4.22. The number of carbonyl (C=O) groups excluding carboxylic acids is 1. The Labute approximate surface area is 109 Å². The molecule has 1 saturated heterocycles. The van der Waals surface area contributed by atoms with Gasteiger partial charge < -0.3 is 9.64 Å². The first-order chi connectivity index (χ1) is 8.11. The second kappa shape index (κ2) is 5.18. The highest BCUT2D eigenvalue weighted by molar-refractivity contribution is 9.10. The summed E-state index contributed by atoms with van der Waals surface area (Å²) in [6.07, 6.45) is 1.72. The van der Waals surface area contributed by atoms with Crippen molar-refractivity contribution in [2.45, 2.75) is 19.9 Å². The molecule has 1 fully saturated rings. The zero-order chi connectivity index (χ0) is 12.4. The molecule has 0 bridgehead atoms. The van der Waals surface area contributed by atoms with Crippen LogP contribution in [0.1, 0.15) is 18.7 Å². The van der Waals surface area contributed by atoms with Gasteiger partial charge in [0.1, 0.15) is 6.04 Å². The molecule has 1 amide bonds. The van der Waals surface area contributed by atoms with Crippen molar-refractivity contribution in [1.82, 2.24) is 14.7 Å². The van der Waals surface area contributed by atoms with Crippen molar-refractivity contribution >= 4 is 21.8 Å². The fourth-order valence-electron chi connectivity index (χ4n) is 1.95. The lowest BCUT2D eigenvalue weighted by atomic mass is 10.2. The molecular formula is C11H16BrN3O2. The highest BCUT2D eigenvalue weighted by atomic mass is 79.9. The predicted octanol–water partition coefficient (Wildman–Crippen LogP) is 1.37. The molecule has 1 atom stereocenters. The third-order valence-electron chi connectivity index (χ3n) is 3.03. The number of hydrogen-bond acceptors (Lipinski definition) is 3. The molecule has 0 radical (unpaired) electrons. The topological polar surface area (TPSA) is 47.4 Å². The largest absolute Gasteiger partial charge is 0.378 e. The monoisotopic (exact) mass is 301 g/mol. The summed E-state index contributed by atoms with van der Waals surface area (Å²) in [5.74, 6) is 0.104. The SMILES string of the molecule is Cc1c(Br)cnn1[C@@H](C)C(=O)N1CCOCC1. The summed E-state index contributed by atoms with van der Waals surface area (Å²) in [6.45, 7) is 6.42. The number of aromatic nitrogens is 2. The Morgan fingerprint density at radius 1 is 1.53 bits per heavy atom. The van der Waals surface area contributed by atoms with Gasteiger partial charge in [-0.2, -0.15) is 5.10 Å². The molecule has 2 heterocycles. The number of ether oxygens (including phenoxy) is 1. The van der Waals surface area contributed by atoms with Gasteiger partial charge in [-0.05, 0) is 29.8 Å². The van der Waals surface area contributed by atoms with E-state index in [0.29, 0.717) is 26.3 Å². The van der Waals surface area contributed by atoms with Crippen molar-refractivity contribution in [3.63, 3.8) is 0 Å². The standard InChI is InChI=1S/C11H16BrN3O2/c1-8-10(12)7-13-15(8)9(2)11(16)14-3-5-17-6-4-14/h7,9H,3-6H2,1-2H3/t9-/m0/s1. The van der Waals surface area contributed by atoms with Gasteiger partial charge in [-0.25, -0.2) is 0 Å². The summed E-state index contributed by atoms with van der Waals surface area (Å²) in [6, 6.07) is -0.264. The van der Waals surface area contributed by atoms with Crippen LogP contribution in [-0.2, 0) is 9.53 Å². The molecular weight excluding hydrogens is 286 g/mol. The van der Waals surface area contributed by atoms with Gasteiger partial charge in [-0.3, -0.25) is 9.48 Å². The van der Waals surface area contributed by atoms with Crippen molar-refractivity contribution in [2.75, 3.05) is 26.3 Å². The summed E-state index contributed by atoms with van der Waals surface area (Å²) >= 11 is 3.40. The first-order valence-electron chi connectivity index (χ1n) is 5.67. The van der Waals surface area contributed by atoms with E-state index in [1.807, 2.05) is 18.7 Å². The highest BCUT2D eigenvalue weighted by Crippen LogP contribution is 2.19. The lowest BCUT2D eigenvalue weighted by molar-refractivity contribution is -0.138. The van der Waals surface area contributed by atoms with E-state index in [1.54, 1.807) is 10.9 Å². The lowest BCUT2D eigenvalue weighted by Crippen LogP contribution is -2.44. The normalized spacial score (nSPS) is 18.2. The van der Waals surface area contributed by atoms with Crippen LogP contribution >= 0.6 is 15.9 Å².